The van der Waals surface area contributed by atoms with Gasteiger partial charge in [0, 0.05) is 11.3 Å². The topological polar surface area (TPSA) is 107 Å². The predicted molar refractivity (Wildman–Crippen MR) is 41.1 cm³/mol. The van der Waals surface area contributed by atoms with E-state index in [2.05, 4.69) is 0 Å². The highest BCUT2D eigenvalue weighted by atomic mass is 16.6. The molecule has 0 spiro atoms. The average molecular weight is 188 g/mol. The molecular weight excluding hydrogens is 180 g/mol. The van der Waals surface area contributed by atoms with E-state index in [0.717, 1.165) is 0 Å². The summed E-state index contributed by atoms with van der Waals surface area (Å²) in [4.78, 5) is 19.3. The molecule has 0 saturated carbocycles. The zero-order chi connectivity index (χ0) is 10.0. The summed E-state index contributed by atoms with van der Waals surface area (Å²) in [5.41, 5.74) is -0.188. The minimum absolute atomic E-state index is 0.0258. The van der Waals surface area contributed by atoms with Gasteiger partial charge in [0.05, 0.1) is 4.92 Å². The Morgan fingerprint density at radius 3 is 2.54 bits per heavy atom. The first kappa shape index (κ1) is 9.59. The highest BCUT2D eigenvalue weighted by Gasteiger charge is 2.37. The number of nitro groups is 2. The van der Waals surface area contributed by atoms with Crippen LogP contribution in [0.5, 0.6) is 0 Å². The van der Waals surface area contributed by atoms with Gasteiger partial charge >= 0.3 is 0 Å². The van der Waals surface area contributed by atoms with Crippen LogP contribution >= 0.6 is 0 Å². The lowest BCUT2D eigenvalue weighted by Crippen LogP contribution is -2.37. The van der Waals surface area contributed by atoms with Crippen LogP contribution in [0.25, 0.3) is 0 Å². The minimum atomic E-state index is -1.25. The number of aliphatic hydroxyl groups is 1. The molecule has 2 atom stereocenters. The summed E-state index contributed by atoms with van der Waals surface area (Å²) in [5.74, 6) is 0. The van der Waals surface area contributed by atoms with E-state index < -0.39 is 22.0 Å². The summed E-state index contributed by atoms with van der Waals surface area (Å²) >= 11 is 0. The fourth-order valence-corrected chi connectivity index (χ4v) is 1.21. The molecule has 1 aliphatic carbocycles. The molecular formula is C6H8N2O5. The van der Waals surface area contributed by atoms with Gasteiger partial charge < -0.3 is 5.11 Å². The SMILES string of the molecule is O=[N+]([O-])C1=CCC(O)C([N+](=O)[O-])C1. The standard InChI is InChI=1S/C6H8N2O5/c9-6-2-1-4(7(10)11)3-5(6)8(12)13/h1,5-6,9H,2-3H2. The zero-order valence-corrected chi connectivity index (χ0v) is 6.62. The van der Waals surface area contributed by atoms with Gasteiger partial charge in [-0.2, -0.15) is 0 Å². The molecule has 72 valence electrons. The van der Waals surface area contributed by atoms with Crippen LogP contribution in [0.3, 0.4) is 0 Å². The molecule has 0 radical (unpaired) electrons. The quantitative estimate of drug-likeness (QED) is 0.482. The third kappa shape index (κ3) is 2.00. The second-order valence-corrected chi connectivity index (χ2v) is 2.81. The van der Waals surface area contributed by atoms with Gasteiger partial charge in [-0.1, -0.05) is 0 Å². The lowest BCUT2D eigenvalue weighted by atomic mass is 9.97. The van der Waals surface area contributed by atoms with Crippen molar-refractivity contribution in [2.45, 2.75) is 25.0 Å². The van der Waals surface area contributed by atoms with E-state index >= 15 is 0 Å². The summed E-state index contributed by atoms with van der Waals surface area (Å²) < 4.78 is 0. The number of rotatable bonds is 2. The van der Waals surface area contributed by atoms with E-state index in [9.17, 15) is 20.2 Å². The average Bonchev–Trinajstić information content (AvgIpc) is 2.04. The van der Waals surface area contributed by atoms with Gasteiger partial charge in [0.25, 0.3) is 0 Å². The number of nitrogens with zero attached hydrogens (tertiary/aromatic N) is 2. The highest BCUT2D eigenvalue weighted by Crippen LogP contribution is 2.21. The monoisotopic (exact) mass is 188 g/mol. The Labute approximate surface area is 73.0 Å². The molecule has 1 N–H and O–H groups in total. The third-order valence-electron chi connectivity index (χ3n) is 1.96. The Balaban J connectivity index is 2.78. The number of aliphatic hydroxyl groups excluding tert-OH is 1. The molecule has 0 heterocycles. The van der Waals surface area contributed by atoms with Gasteiger partial charge in [0.1, 0.15) is 12.5 Å². The van der Waals surface area contributed by atoms with Crippen LogP contribution in [-0.2, 0) is 0 Å². The van der Waals surface area contributed by atoms with Crippen molar-refractivity contribution in [3.63, 3.8) is 0 Å². The number of hydrogen-bond donors (Lipinski definition) is 1. The molecule has 0 amide bonds. The number of hydrogen-bond acceptors (Lipinski definition) is 5. The molecule has 7 nitrogen and oxygen atoms in total. The molecule has 1 aliphatic rings. The van der Waals surface area contributed by atoms with Crippen molar-refractivity contribution in [3.05, 3.63) is 32.0 Å². The normalized spacial score (nSPS) is 27.9. The molecule has 0 bridgehead atoms. The van der Waals surface area contributed by atoms with Gasteiger partial charge in [-0.25, -0.2) is 0 Å². The van der Waals surface area contributed by atoms with Crippen molar-refractivity contribution in [1.29, 1.82) is 0 Å². The van der Waals surface area contributed by atoms with Crippen LogP contribution in [0.2, 0.25) is 0 Å². The summed E-state index contributed by atoms with van der Waals surface area (Å²) in [7, 11) is 0. The molecule has 0 fully saturated rings. The Morgan fingerprint density at radius 1 is 1.46 bits per heavy atom. The smallest absolute Gasteiger partial charge is 0.249 e. The van der Waals surface area contributed by atoms with E-state index in [1.165, 1.54) is 6.08 Å². The maximum atomic E-state index is 10.3. The van der Waals surface area contributed by atoms with Crippen molar-refractivity contribution >= 4 is 0 Å². The summed E-state index contributed by atoms with van der Waals surface area (Å²) in [5, 5.41) is 29.7. The largest absolute Gasteiger partial charge is 0.386 e. The molecule has 0 aromatic heterocycles. The molecule has 2 unspecified atom stereocenters. The highest BCUT2D eigenvalue weighted by molar-refractivity contribution is 5.02. The molecule has 7 heteroatoms. The van der Waals surface area contributed by atoms with Gasteiger partial charge in [-0.15, -0.1) is 0 Å². The van der Waals surface area contributed by atoms with Crippen LogP contribution < -0.4 is 0 Å². The first-order chi connectivity index (χ1) is 6.02. The van der Waals surface area contributed by atoms with E-state index in [0.29, 0.717) is 0 Å². The maximum absolute atomic E-state index is 10.3. The second-order valence-electron chi connectivity index (χ2n) is 2.81. The van der Waals surface area contributed by atoms with Crippen molar-refractivity contribution < 1.29 is 15.0 Å². The van der Waals surface area contributed by atoms with E-state index in [4.69, 9.17) is 5.11 Å². The Hall–Kier alpha value is -1.50. The van der Waals surface area contributed by atoms with Gasteiger partial charge in [-0.3, -0.25) is 20.2 Å². The lowest BCUT2D eigenvalue weighted by molar-refractivity contribution is -0.542. The maximum Gasteiger partial charge on any atom is 0.249 e. The van der Waals surface area contributed by atoms with Crippen molar-refractivity contribution in [3.8, 4) is 0 Å². The van der Waals surface area contributed by atoms with Crippen LogP contribution in [-0.4, -0.2) is 27.1 Å². The van der Waals surface area contributed by atoms with Gasteiger partial charge in [-0.05, 0) is 6.08 Å². The second kappa shape index (κ2) is 3.48. The predicted octanol–water partition coefficient (Wildman–Crippen LogP) is -0.0530. The van der Waals surface area contributed by atoms with Crippen LogP contribution in [0, 0.1) is 20.2 Å². The van der Waals surface area contributed by atoms with Crippen LogP contribution in [0.1, 0.15) is 12.8 Å². The third-order valence-corrected chi connectivity index (χ3v) is 1.96. The molecule has 0 aromatic carbocycles. The van der Waals surface area contributed by atoms with Crippen LogP contribution in [0.4, 0.5) is 0 Å². The van der Waals surface area contributed by atoms with Crippen LogP contribution in [0.15, 0.2) is 11.8 Å². The van der Waals surface area contributed by atoms with Gasteiger partial charge in [0.15, 0.2) is 0 Å². The van der Waals surface area contributed by atoms with Gasteiger partial charge in [0.2, 0.25) is 11.7 Å². The van der Waals surface area contributed by atoms with Crippen molar-refractivity contribution in [2.75, 3.05) is 0 Å². The first-order valence-corrected chi connectivity index (χ1v) is 3.67. The van der Waals surface area contributed by atoms with E-state index in [1.54, 1.807) is 0 Å². The lowest BCUT2D eigenvalue weighted by Gasteiger charge is -2.16. The Bertz CT molecular complexity index is 274. The first-order valence-electron chi connectivity index (χ1n) is 3.67. The Morgan fingerprint density at radius 2 is 2.08 bits per heavy atom. The molecule has 13 heavy (non-hydrogen) atoms. The fourth-order valence-electron chi connectivity index (χ4n) is 1.21. The summed E-state index contributed by atoms with van der Waals surface area (Å²) in [6, 6.07) is -1.25. The summed E-state index contributed by atoms with van der Waals surface area (Å²) in [6.45, 7) is 0. The molecule has 0 aliphatic heterocycles. The zero-order valence-electron chi connectivity index (χ0n) is 6.62. The molecule has 0 aromatic rings. The molecule has 1 rings (SSSR count). The molecule has 0 saturated heterocycles. The fraction of sp³-hybridized carbons (Fsp3) is 0.667. The van der Waals surface area contributed by atoms with Crippen molar-refractivity contribution in [1.82, 2.24) is 0 Å². The van der Waals surface area contributed by atoms with Crippen molar-refractivity contribution in [2.24, 2.45) is 0 Å². The van der Waals surface area contributed by atoms with E-state index in [-0.39, 0.29) is 18.5 Å². The summed E-state index contributed by atoms with van der Waals surface area (Å²) in [6.07, 6.45) is -0.216. The minimum Gasteiger partial charge on any atom is -0.386 e. The van der Waals surface area contributed by atoms with E-state index in [1.807, 2.05) is 0 Å². The Kier molecular flexibility index (Phi) is 2.57.